The summed E-state index contributed by atoms with van der Waals surface area (Å²) in [5.74, 6) is -1.57. The molecule has 2 aromatic carbocycles. The molecule has 0 unspecified atom stereocenters. The van der Waals surface area contributed by atoms with E-state index in [1.807, 2.05) is 24.3 Å². The number of pyridine rings is 1. The number of rotatable bonds is 6. The Morgan fingerprint density at radius 3 is 2.17 bits per heavy atom. The van der Waals surface area contributed by atoms with Crippen molar-refractivity contribution in [2.45, 2.75) is 25.9 Å². The standard InChI is InChI=1S/C25H24N4O5S/c1-13-6-15(3)22-19(7-13)14(2)8-20-27-28-25(29(20)22)35-12-21(30)26-18-10-16(23(31)33-4)9-17(11-18)24(32)34-5/h6-11H,12H2,1-5H3,(H,26,30). The molecule has 35 heavy (non-hydrogen) atoms. The lowest BCUT2D eigenvalue weighted by Gasteiger charge is -2.12. The van der Waals surface area contributed by atoms with Gasteiger partial charge in [0.25, 0.3) is 0 Å². The second-order valence-electron chi connectivity index (χ2n) is 8.10. The maximum Gasteiger partial charge on any atom is 0.337 e. The van der Waals surface area contributed by atoms with E-state index in [-0.39, 0.29) is 28.5 Å². The van der Waals surface area contributed by atoms with Gasteiger partial charge in [0.05, 0.1) is 36.6 Å². The van der Waals surface area contributed by atoms with Gasteiger partial charge in [-0.15, -0.1) is 10.2 Å². The van der Waals surface area contributed by atoms with Crippen LogP contribution in [0.15, 0.2) is 41.6 Å². The van der Waals surface area contributed by atoms with Crippen LogP contribution in [0, 0.1) is 20.8 Å². The highest BCUT2D eigenvalue weighted by Crippen LogP contribution is 2.29. The Bertz CT molecular complexity index is 1460. The highest BCUT2D eigenvalue weighted by molar-refractivity contribution is 7.99. The minimum absolute atomic E-state index is 0.0388. The summed E-state index contributed by atoms with van der Waals surface area (Å²) in [6.07, 6.45) is 0. The van der Waals surface area contributed by atoms with Gasteiger partial charge in [-0.3, -0.25) is 9.20 Å². The number of aryl methyl sites for hydroxylation is 3. The molecule has 1 amide bonds. The zero-order valence-corrected chi connectivity index (χ0v) is 20.8. The van der Waals surface area contributed by atoms with Gasteiger partial charge in [0.15, 0.2) is 10.8 Å². The van der Waals surface area contributed by atoms with E-state index in [9.17, 15) is 14.4 Å². The maximum absolute atomic E-state index is 12.8. The van der Waals surface area contributed by atoms with E-state index in [1.54, 1.807) is 0 Å². The summed E-state index contributed by atoms with van der Waals surface area (Å²) in [4.78, 5) is 36.7. The van der Waals surface area contributed by atoms with Gasteiger partial charge in [-0.2, -0.15) is 0 Å². The molecule has 0 aliphatic heterocycles. The van der Waals surface area contributed by atoms with Crippen molar-refractivity contribution in [3.63, 3.8) is 0 Å². The number of nitrogens with one attached hydrogen (secondary N) is 1. The minimum Gasteiger partial charge on any atom is -0.465 e. The summed E-state index contributed by atoms with van der Waals surface area (Å²) >= 11 is 1.24. The van der Waals surface area contributed by atoms with Crippen LogP contribution < -0.4 is 5.32 Å². The molecule has 1 N–H and O–H groups in total. The number of carbonyl (C=O) groups is 3. The van der Waals surface area contributed by atoms with E-state index in [4.69, 9.17) is 9.47 Å². The number of thioether (sulfide) groups is 1. The van der Waals surface area contributed by atoms with Crippen molar-refractivity contribution >= 4 is 51.8 Å². The zero-order valence-electron chi connectivity index (χ0n) is 20.0. The molecule has 0 saturated heterocycles. The number of carbonyl (C=O) groups excluding carboxylic acids is 3. The summed E-state index contributed by atoms with van der Waals surface area (Å²) in [6.45, 7) is 6.15. The second kappa shape index (κ2) is 9.75. The lowest BCUT2D eigenvalue weighted by Crippen LogP contribution is -2.16. The van der Waals surface area contributed by atoms with Gasteiger partial charge in [-0.1, -0.05) is 23.4 Å². The fourth-order valence-corrected chi connectivity index (χ4v) is 4.75. The fraction of sp³-hybridized carbons (Fsp3) is 0.240. The number of ether oxygens (including phenoxy) is 2. The Morgan fingerprint density at radius 1 is 0.886 bits per heavy atom. The highest BCUT2D eigenvalue weighted by atomic mass is 32.2. The van der Waals surface area contributed by atoms with Gasteiger partial charge in [-0.25, -0.2) is 9.59 Å². The first-order valence-corrected chi connectivity index (χ1v) is 11.7. The van der Waals surface area contributed by atoms with Crippen molar-refractivity contribution < 1.29 is 23.9 Å². The summed E-state index contributed by atoms with van der Waals surface area (Å²) in [7, 11) is 2.47. The first-order valence-electron chi connectivity index (χ1n) is 10.7. The van der Waals surface area contributed by atoms with Crippen LogP contribution in [-0.2, 0) is 14.3 Å². The molecule has 2 heterocycles. The summed E-state index contributed by atoms with van der Waals surface area (Å²) in [6, 6.07) is 10.4. The third kappa shape index (κ3) is 4.83. The lowest BCUT2D eigenvalue weighted by molar-refractivity contribution is -0.113. The van der Waals surface area contributed by atoms with Gasteiger partial charge < -0.3 is 14.8 Å². The predicted octanol–water partition coefficient (Wildman–Crippen LogP) is 4.11. The van der Waals surface area contributed by atoms with Crippen LogP contribution >= 0.6 is 11.8 Å². The van der Waals surface area contributed by atoms with Crippen molar-refractivity contribution in [3.8, 4) is 0 Å². The number of methoxy groups -OCH3 is 2. The van der Waals surface area contributed by atoms with E-state index >= 15 is 0 Å². The molecule has 0 aliphatic rings. The molecule has 4 rings (SSSR count). The first-order chi connectivity index (χ1) is 16.7. The van der Waals surface area contributed by atoms with Crippen molar-refractivity contribution in [1.82, 2.24) is 14.6 Å². The van der Waals surface area contributed by atoms with Gasteiger partial charge in [-0.05, 0) is 62.2 Å². The van der Waals surface area contributed by atoms with E-state index in [0.717, 1.165) is 22.0 Å². The van der Waals surface area contributed by atoms with Gasteiger partial charge in [0, 0.05) is 11.1 Å². The minimum atomic E-state index is -0.636. The smallest absolute Gasteiger partial charge is 0.337 e. The number of aromatic nitrogens is 3. The Hall–Kier alpha value is -3.92. The number of hydrogen-bond donors (Lipinski definition) is 1. The molecular formula is C25H24N4O5S. The number of esters is 2. The van der Waals surface area contributed by atoms with Crippen molar-refractivity contribution in [1.29, 1.82) is 0 Å². The average Bonchev–Trinajstić information content (AvgIpc) is 3.23. The van der Waals surface area contributed by atoms with Crippen LogP contribution in [0.1, 0.15) is 37.4 Å². The molecule has 0 fully saturated rings. The summed E-state index contributed by atoms with van der Waals surface area (Å²) < 4.78 is 11.4. The quantitative estimate of drug-likeness (QED) is 0.316. The van der Waals surface area contributed by atoms with Crippen LogP contribution in [-0.4, -0.2) is 52.4 Å². The monoisotopic (exact) mass is 492 g/mol. The number of hydrogen-bond acceptors (Lipinski definition) is 8. The first kappa shape index (κ1) is 24.2. The SMILES string of the molecule is COC(=O)c1cc(NC(=O)CSc2nnc3cc(C)c4cc(C)cc(C)c4n23)cc(C(=O)OC)c1. The zero-order chi connectivity index (χ0) is 25.3. The number of amides is 1. The molecule has 4 aromatic rings. The Balaban J connectivity index is 1.60. The van der Waals surface area contributed by atoms with E-state index in [1.165, 1.54) is 49.7 Å². The van der Waals surface area contributed by atoms with Gasteiger partial charge >= 0.3 is 11.9 Å². The molecule has 0 bridgehead atoms. The normalized spacial score (nSPS) is 11.0. The van der Waals surface area contributed by atoms with Crippen LogP contribution in [0.4, 0.5) is 5.69 Å². The largest absolute Gasteiger partial charge is 0.465 e. The molecule has 0 atom stereocenters. The lowest BCUT2D eigenvalue weighted by atomic mass is 10.0. The molecule has 180 valence electrons. The van der Waals surface area contributed by atoms with Gasteiger partial charge in [0.1, 0.15) is 0 Å². The molecule has 0 aliphatic carbocycles. The molecule has 9 nitrogen and oxygen atoms in total. The average molecular weight is 493 g/mol. The van der Waals surface area contributed by atoms with Crippen LogP contribution in [0.2, 0.25) is 0 Å². The molecule has 2 aromatic heterocycles. The Morgan fingerprint density at radius 2 is 1.54 bits per heavy atom. The molecular weight excluding hydrogens is 468 g/mol. The van der Waals surface area contributed by atoms with Crippen LogP contribution in [0.3, 0.4) is 0 Å². The molecule has 0 saturated carbocycles. The topological polar surface area (TPSA) is 112 Å². The molecule has 0 spiro atoms. The van der Waals surface area contributed by atoms with Crippen LogP contribution in [0.25, 0.3) is 16.6 Å². The highest BCUT2D eigenvalue weighted by Gasteiger charge is 2.17. The predicted molar refractivity (Wildman–Crippen MR) is 133 cm³/mol. The summed E-state index contributed by atoms with van der Waals surface area (Å²) in [5.41, 5.74) is 5.59. The number of benzene rings is 2. The Labute approximate surface area is 205 Å². The van der Waals surface area contributed by atoms with Gasteiger partial charge in [0.2, 0.25) is 5.91 Å². The fourth-order valence-electron chi connectivity index (χ4n) is 4.01. The van der Waals surface area contributed by atoms with Crippen molar-refractivity contribution in [2.75, 3.05) is 25.3 Å². The summed E-state index contributed by atoms with van der Waals surface area (Å²) in [5, 5.41) is 13.0. The number of fused-ring (bicyclic) bond motifs is 3. The second-order valence-corrected chi connectivity index (χ2v) is 9.04. The van der Waals surface area contributed by atoms with Crippen molar-refractivity contribution in [2.24, 2.45) is 0 Å². The van der Waals surface area contributed by atoms with E-state index in [0.29, 0.717) is 10.8 Å². The van der Waals surface area contributed by atoms with E-state index in [2.05, 4.69) is 34.6 Å². The van der Waals surface area contributed by atoms with Crippen LogP contribution in [0.5, 0.6) is 0 Å². The third-order valence-corrected chi connectivity index (χ3v) is 6.42. The maximum atomic E-state index is 12.8. The van der Waals surface area contributed by atoms with E-state index < -0.39 is 11.9 Å². The number of nitrogens with zero attached hydrogens (tertiary/aromatic N) is 3. The molecule has 10 heteroatoms. The van der Waals surface area contributed by atoms with Crippen molar-refractivity contribution in [3.05, 3.63) is 64.2 Å². The Kier molecular flexibility index (Phi) is 6.74. The third-order valence-electron chi connectivity index (χ3n) is 5.49. The molecule has 0 radical (unpaired) electrons. The number of anilines is 1.